The van der Waals surface area contributed by atoms with Crippen LogP contribution in [0.2, 0.25) is 0 Å². The lowest BCUT2D eigenvalue weighted by Gasteiger charge is -1.89. The van der Waals surface area contributed by atoms with Gasteiger partial charge in [0, 0.05) is 5.41 Å². The van der Waals surface area contributed by atoms with E-state index in [1.54, 1.807) is 0 Å². The summed E-state index contributed by atoms with van der Waals surface area (Å²) in [6.07, 6.45) is 1.27. The molecule has 2 atom stereocenters. The van der Waals surface area contributed by atoms with Gasteiger partial charge in [0.25, 0.3) is 5.92 Å². The molecular weight excluding hydrogens is 166 g/mol. The van der Waals surface area contributed by atoms with Gasteiger partial charge in [0.1, 0.15) is 0 Å². The van der Waals surface area contributed by atoms with Crippen molar-refractivity contribution < 1.29 is 18.7 Å². The van der Waals surface area contributed by atoms with Crippen LogP contribution >= 0.6 is 0 Å². The molecule has 66 valence electrons. The predicted molar refractivity (Wildman–Crippen MR) is 34.8 cm³/mol. The van der Waals surface area contributed by atoms with Crippen molar-refractivity contribution in [3.8, 4) is 0 Å². The van der Waals surface area contributed by atoms with Gasteiger partial charge in [-0.25, -0.2) is 8.78 Å². The highest BCUT2D eigenvalue weighted by atomic mass is 19.3. The Morgan fingerprint density at radius 3 is 2.25 bits per heavy atom. The summed E-state index contributed by atoms with van der Waals surface area (Å²) in [5.74, 6) is -4.46. The Morgan fingerprint density at radius 1 is 1.42 bits per heavy atom. The van der Waals surface area contributed by atoms with Crippen molar-refractivity contribution >= 4 is 5.97 Å². The van der Waals surface area contributed by atoms with Gasteiger partial charge in [-0.3, -0.25) is 4.79 Å². The van der Waals surface area contributed by atoms with Crippen LogP contribution in [0.3, 0.4) is 0 Å². The summed E-state index contributed by atoms with van der Waals surface area (Å²) in [7, 11) is 0. The van der Waals surface area contributed by atoms with Crippen LogP contribution in [0.1, 0.15) is 19.3 Å². The summed E-state index contributed by atoms with van der Waals surface area (Å²) in [6.45, 7) is 0. The Kier molecular flexibility index (Phi) is 0.735. The molecule has 0 saturated heterocycles. The van der Waals surface area contributed by atoms with Gasteiger partial charge in [-0.2, -0.15) is 0 Å². The van der Waals surface area contributed by atoms with E-state index in [9.17, 15) is 13.6 Å². The summed E-state index contributed by atoms with van der Waals surface area (Å²) in [4.78, 5) is 10.5. The minimum Gasteiger partial charge on any atom is -0.481 e. The smallest absolute Gasteiger partial charge is 0.307 e. The van der Waals surface area contributed by atoms with Gasteiger partial charge in [0.15, 0.2) is 0 Å². The molecule has 0 bridgehead atoms. The number of hydrogen-bond donors (Lipinski definition) is 1. The van der Waals surface area contributed by atoms with Crippen molar-refractivity contribution in [3.63, 3.8) is 0 Å². The van der Waals surface area contributed by atoms with Crippen LogP contribution < -0.4 is 0 Å². The van der Waals surface area contributed by atoms with Gasteiger partial charge >= 0.3 is 5.97 Å². The quantitative estimate of drug-likeness (QED) is 0.654. The second-order valence-electron chi connectivity index (χ2n) is 4.22. The minimum absolute atomic E-state index is 0.204. The fourth-order valence-corrected chi connectivity index (χ4v) is 3.02. The van der Waals surface area contributed by atoms with Crippen LogP contribution in [0.4, 0.5) is 8.78 Å². The number of carboxylic acid groups (broad SMARTS) is 1. The van der Waals surface area contributed by atoms with Crippen LogP contribution in [0, 0.1) is 16.7 Å². The average molecular weight is 174 g/mol. The monoisotopic (exact) mass is 174 g/mol. The molecule has 12 heavy (non-hydrogen) atoms. The molecule has 0 aromatic heterocycles. The van der Waals surface area contributed by atoms with E-state index < -0.39 is 28.6 Å². The van der Waals surface area contributed by atoms with Crippen LogP contribution in [0.25, 0.3) is 0 Å². The van der Waals surface area contributed by atoms with E-state index >= 15 is 0 Å². The number of aliphatic carboxylic acids is 1. The summed E-state index contributed by atoms with van der Waals surface area (Å²) in [6, 6.07) is 0. The highest BCUT2D eigenvalue weighted by Crippen LogP contribution is 2.97. The molecule has 2 spiro atoms. The van der Waals surface area contributed by atoms with E-state index in [4.69, 9.17) is 5.11 Å². The molecule has 3 fully saturated rings. The third kappa shape index (κ3) is 0.361. The molecule has 0 aliphatic heterocycles. The van der Waals surface area contributed by atoms with Gasteiger partial charge in [0.2, 0.25) is 0 Å². The van der Waals surface area contributed by atoms with Crippen molar-refractivity contribution in [3.05, 3.63) is 0 Å². The molecule has 3 saturated carbocycles. The van der Waals surface area contributed by atoms with Gasteiger partial charge in [-0.1, -0.05) is 0 Å². The molecule has 0 amide bonds. The number of halogens is 2. The molecule has 2 nitrogen and oxygen atoms in total. The van der Waals surface area contributed by atoms with Crippen LogP contribution in [0.5, 0.6) is 0 Å². The molecule has 1 N–H and O–H groups in total. The van der Waals surface area contributed by atoms with Crippen molar-refractivity contribution in [2.45, 2.75) is 25.2 Å². The SMILES string of the molecule is O=C(O)[C@H]1C[C@]12C(F)(F)C21CC1. The van der Waals surface area contributed by atoms with Crippen LogP contribution in [0.15, 0.2) is 0 Å². The predicted octanol–water partition coefficient (Wildman–Crippen LogP) is 1.51. The first-order valence-electron chi connectivity index (χ1n) is 4.10. The summed E-state index contributed by atoms with van der Waals surface area (Å²) in [5, 5.41) is 8.59. The summed E-state index contributed by atoms with van der Waals surface area (Å²) >= 11 is 0. The molecule has 0 aromatic rings. The van der Waals surface area contributed by atoms with Crippen molar-refractivity contribution in [2.24, 2.45) is 16.7 Å². The number of hydrogen-bond acceptors (Lipinski definition) is 1. The normalized spacial score (nSPS) is 49.3. The second-order valence-corrected chi connectivity index (χ2v) is 4.22. The second kappa shape index (κ2) is 1.30. The molecule has 0 unspecified atom stereocenters. The van der Waals surface area contributed by atoms with E-state index in [0.717, 1.165) is 0 Å². The average Bonchev–Trinajstić information content (AvgIpc) is 2.82. The lowest BCUT2D eigenvalue weighted by atomic mass is 10.2. The Bertz CT molecular complexity index is 289. The van der Waals surface area contributed by atoms with E-state index in [2.05, 4.69) is 0 Å². The Morgan fingerprint density at radius 2 is 2.00 bits per heavy atom. The van der Waals surface area contributed by atoms with E-state index in [0.29, 0.717) is 12.8 Å². The lowest BCUT2D eigenvalue weighted by Crippen LogP contribution is -2.04. The van der Waals surface area contributed by atoms with E-state index in [1.165, 1.54) is 0 Å². The third-order valence-corrected chi connectivity index (χ3v) is 3.96. The maximum Gasteiger partial charge on any atom is 0.307 e. The van der Waals surface area contributed by atoms with Gasteiger partial charge in [-0.05, 0) is 19.3 Å². The third-order valence-electron chi connectivity index (χ3n) is 3.96. The molecule has 3 aliphatic rings. The fraction of sp³-hybridized carbons (Fsp3) is 0.875. The maximum atomic E-state index is 13.2. The standard InChI is InChI=1S/C8H8F2O2/c9-8(10)6(1-2-6)7(8)3-4(7)5(11)12/h4H,1-3H2,(H,11,12)/t4-,7+/m1/s1. The summed E-state index contributed by atoms with van der Waals surface area (Å²) in [5.41, 5.74) is -1.95. The first-order valence-corrected chi connectivity index (χ1v) is 4.10. The molecule has 0 radical (unpaired) electrons. The number of alkyl halides is 2. The zero-order valence-electron chi connectivity index (χ0n) is 6.31. The van der Waals surface area contributed by atoms with Crippen molar-refractivity contribution in [1.82, 2.24) is 0 Å². The van der Waals surface area contributed by atoms with Crippen LogP contribution in [-0.2, 0) is 4.79 Å². The molecule has 0 aromatic carbocycles. The summed E-state index contributed by atoms with van der Waals surface area (Å²) < 4.78 is 26.3. The first-order chi connectivity index (χ1) is 5.50. The Hall–Kier alpha value is -0.670. The number of carbonyl (C=O) groups is 1. The first kappa shape index (κ1) is 6.80. The zero-order chi connectivity index (χ0) is 8.78. The van der Waals surface area contributed by atoms with Crippen molar-refractivity contribution in [1.29, 1.82) is 0 Å². The number of rotatable bonds is 1. The molecule has 0 heterocycles. The van der Waals surface area contributed by atoms with Crippen molar-refractivity contribution in [2.75, 3.05) is 0 Å². The number of fused-ring (bicyclic) bond motifs is 1. The highest BCUT2D eigenvalue weighted by molar-refractivity contribution is 5.78. The Balaban J connectivity index is 1.95. The van der Waals surface area contributed by atoms with Crippen LogP contribution in [-0.4, -0.2) is 17.0 Å². The highest BCUT2D eigenvalue weighted by Gasteiger charge is 3.04. The molecule has 3 rings (SSSR count). The van der Waals surface area contributed by atoms with Gasteiger partial charge < -0.3 is 5.11 Å². The lowest BCUT2D eigenvalue weighted by molar-refractivity contribution is -0.139. The van der Waals surface area contributed by atoms with Gasteiger partial charge in [0.05, 0.1) is 11.3 Å². The topological polar surface area (TPSA) is 37.3 Å². The minimum atomic E-state index is -2.66. The van der Waals surface area contributed by atoms with E-state index in [-0.39, 0.29) is 6.42 Å². The van der Waals surface area contributed by atoms with E-state index in [1.807, 2.05) is 0 Å². The molecule has 4 heteroatoms. The fourth-order valence-electron chi connectivity index (χ4n) is 3.02. The largest absolute Gasteiger partial charge is 0.481 e. The van der Waals surface area contributed by atoms with Gasteiger partial charge in [-0.15, -0.1) is 0 Å². The molecule has 3 aliphatic carbocycles. The Labute approximate surface area is 67.6 Å². The zero-order valence-corrected chi connectivity index (χ0v) is 6.31. The molecular formula is C8H8F2O2. The number of carboxylic acids is 1. The maximum absolute atomic E-state index is 13.2.